The molecule has 0 aliphatic rings. The zero-order valence-electron chi connectivity index (χ0n) is 13.1. The van der Waals surface area contributed by atoms with Gasteiger partial charge in [-0.05, 0) is 30.6 Å². The summed E-state index contributed by atoms with van der Waals surface area (Å²) in [7, 11) is -3.18. The van der Waals surface area contributed by atoms with E-state index in [-0.39, 0.29) is 23.5 Å². The second kappa shape index (κ2) is 8.62. The van der Waals surface area contributed by atoms with E-state index in [0.29, 0.717) is 25.8 Å². The summed E-state index contributed by atoms with van der Waals surface area (Å²) in [6.07, 6.45) is 2.89. The minimum Gasteiger partial charge on any atom is -0.481 e. The molecule has 0 aromatic rings. The van der Waals surface area contributed by atoms with Crippen LogP contribution in [0.25, 0.3) is 0 Å². The zero-order chi connectivity index (χ0) is 15.8. The molecule has 0 bridgehead atoms. The molecule has 6 heteroatoms. The number of sulfonamides is 1. The molecule has 1 unspecified atom stereocenters. The van der Waals surface area contributed by atoms with Gasteiger partial charge in [-0.1, -0.05) is 34.1 Å². The molecule has 0 aromatic heterocycles. The lowest BCUT2D eigenvalue weighted by Gasteiger charge is -2.30. The van der Waals surface area contributed by atoms with Gasteiger partial charge in [-0.15, -0.1) is 0 Å². The number of aliphatic carboxylic acids is 1. The normalized spacial score (nSPS) is 14.2. The molecule has 1 atom stereocenters. The molecule has 0 amide bonds. The summed E-state index contributed by atoms with van der Waals surface area (Å²) in [5, 5.41) is 8.77. The van der Waals surface area contributed by atoms with Gasteiger partial charge in [0.25, 0.3) is 0 Å². The van der Waals surface area contributed by atoms with Gasteiger partial charge in [0, 0.05) is 13.0 Å². The van der Waals surface area contributed by atoms with Gasteiger partial charge in [0.2, 0.25) is 10.0 Å². The Morgan fingerprint density at radius 1 is 1.25 bits per heavy atom. The van der Waals surface area contributed by atoms with Crippen LogP contribution in [0.4, 0.5) is 0 Å². The Morgan fingerprint density at radius 2 is 1.85 bits per heavy atom. The number of rotatable bonds is 10. The lowest BCUT2D eigenvalue weighted by Crippen LogP contribution is -2.31. The van der Waals surface area contributed by atoms with Crippen molar-refractivity contribution < 1.29 is 18.3 Å². The molecule has 0 heterocycles. The molecule has 2 N–H and O–H groups in total. The Hall–Kier alpha value is -0.620. The van der Waals surface area contributed by atoms with Gasteiger partial charge in [-0.3, -0.25) is 4.79 Å². The Kier molecular flexibility index (Phi) is 8.35. The molecule has 0 fully saturated rings. The molecule has 0 aliphatic carbocycles. The summed E-state index contributed by atoms with van der Waals surface area (Å²) in [5.41, 5.74) is -0.0235. The van der Waals surface area contributed by atoms with E-state index in [1.165, 1.54) is 0 Å². The number of carbonyl (C=O) groups is 1. The zero-order valence-corrected chi connectivity index (χ0v) is 13.9. The predicted molar refractivity (Wildman–Crippen MR) is 81.1 cm³/mol. The second-order valence-corrected chi connectivity index (χ2v) is 8.28. The van der Waals surface area contributed by atoms with Crippen LogP contribution in [0, 0.1) is 11.3 Å². The fourth-order valence-electron chi connectivity index (χ4n) is 2.10. The van der Waals surface area contributed by atoms with E-state index in [4.69, 9.17) is 5.11 Å². The van der Waals surface area contributed by atoms with Crippen LogP contribution in [-0.4, -0.2) is 31.8 Å². The Labute approximate surface area is 123 Å². The molecule has 0 aromatic carbocycles. The van der Waals surface area contributed by atoms with Crippen molar-refractivity contribution in [2.24, 2.45) is 11.3 Å². The first kappa shape index (κ1) is 19.4. The first-order chi connectivity index (χ1) is 9.08. The van der Waals surface area contributed by atoms with E-state index in [1.54, 1.807) is 0 Å². The van der Waals surface area contributed by atoms with Crippen LogP contribution >= 0.6 is 0 Å². The summed E-state index contributed by atoms with van der Waals surface area (Å²) in [6, 6.07) is 0. The molecular weight excluding hydrogens is 278 g/mol. The first-order valence-electron chi connectivity index (χ1n) is 7.27. The molecule has 0 radical (unpaired) electrons. The van der Waals surface area contributed by atoms with Crippen molar-refractivity contribution in [3.8, 4) is 0 Å². The fraction of sp³-hybridized carbons (Fsp3) is 0.929. The average molecular weight is 307 g/mol. The number of hydrogen-bond acceptors (Lipinski definition) is 3. The summed E-state index contributed by atoms with van der Waals surface area (Å²) in [4.78, 5) is 10.7. The summed E-state index contributed by atoms with van der Waals surface area (Å²) < 4.78 is 26.0. The lowest BCUT2D eigenvalue weighted by atomic mass is 9.76. The topological polar surface area (TPSA) is 83.5 Å². The highest BCUT2D eigenvalue weighted by atomic mass is 32.2. The Balaban J connectivity index is 4.30. The summed E-state index contributed by atoms with van der Waals surface area (Å²) in [6.45, 7) is 8.52. The largest absolute Gasteiger partial charge is 0.481 e. The Morgan fingerprint density at radius 3 is 2.30 bits per heavy atom. The van der Waals surface area contributed by atoms with Gasteiger partial charge in [-0.25, -0.2) is 13.1 Å². The highest BCUT2D eigenvalue weighted by molar-refractivity contribution is 7.89. The standard InChI is InChI=1S/C14H29NO4S/c1-5-6-11-20(18,19)15-10-9-12(14(2,3)4)7-8-13(16)17/h12,15H,5-11H2,1-4H3,(H,16,17). The summed E-state index contributed by atoms with van der Waals surface area (Å²) >= 11 is 0. The predicted octanol–water partition coefficient (Wildman–Crippen LogP) is 2.62. The first-order valence-corrected chi connectivity index (χ1v) is 8.93. The number of unbranched alkanes of at least 4 members (excludes halogenated alkanes) is 1. The lowest BCUT2D eigenvalue weighted by molar-refractivity contribution is -0.137. The third-order valence-electron chi connectivity index (χ3n) is 3.51. The van der Waals surface area contributed by atoms with Crippen LogP contribution < -0.4 is 4.72 Å². The monoisotopic (exact) mass is 307 g/mol. The third-order valence-corrected chi connectivity index (χ3v) is 4.98. The highest BCUT2D eigenvalue weighted by Crippen LogP contribution is 2.32. The molecule has 0 rings (SSSR count). The van der Waals surface area contributed by atoms with E-state index in [9.17, 15) is 13.2 Å². The van der Waals surface area contributed by atoms with Crippen molar-refractivity contribution in [2.75, 3.05) is 12.3 Å². The molecule has 120 valence electrons. The minimum absolute atomic E-state index is 0.0235. The molecule has 0 aliphatic heterocycles. The number of hydrogen-bond donors (Lipinski definition) is 2. The van der Waals surface area contributed by atoms with Crippen LogP contribution in [-0.2, 0) is 14.8 Å². The van der Waals surface area contributed by atoms with E-state index in [1.807, 2.05) is 6.92 Å². The minimum atomic E-state index is -3.18. The SMILES string of the molecule is CCCCS(=O)(=O)NCCC(CCC(=O)O)C(C)(C)C. The van der Waals surface area contributed by atoms with Crippen molar-refractivity contribution in [1.82, 2.24) is 4.72 Å². The quantitative estimate of drug-likeness (QED) is 0.650. The highest BCUT2D eigenvalue weighted by Gasteiger charge is 2.25. The van der Waals surface area contributed by atoms with E-state index in [0.717, 1.165) is 6.42 Å². The fourth-order valence-corrected chi connectivity index (χ4v) is 3.35. The van der Waals surface area contributed by atoms with Crippen LogP contribution in [0.1, 0.15) is 59.8 Å². The van der Waals surface area contributed by atoms with Gasteiger partial charge in [0.1, 0.15) is 0 Å². The van der Waals surface area contributed by atoms with Crippen molar-refractivity contribution >= 4 is 16.0 Å². The molecule has 0 saturated carbocycles. The maximum Gasteiger partial charge on any atom is 0.303 e. The number of carboxylic acid groups (broad SMARTS) is 1. The van der Waals surface area contributed by atoms with Crippen molar-refractivity contribution in [1.29, 1.82) is 0 Å². The van der Waals surface area contributed by atoms with Crippen LogP contribution in [0.5, 0.6) is 0 Å². The van der Waals surface area contributed by atoms with Gasteiger partial charge in [0.15, 0.2) is 0 Å². The van der Waals surface area contributed by atoms with Crippen molar-refractivity contribution in [2.45, 2.75) is 59.8 Å². The smallest absolute Gasteiger partial charge is 0.303 e. The van der Waals surface area contributed by atoms with Gasteiger partial charge < -0.3 is 5.11 Å². The van der Waals surface area contributed by atoms with Crippen LogP contribution in [0.3, 0.4) is 0 Å². The van der Waals surface area contributed by atoms with Gasteiger partial charge in [0.05, 0.1) is 5.75 Å². The number of nitrogens with one attached hydrogen (secondary N) is 1. The van der Waals surface area contributed by atoms with Crippen LogP contribution in [0.15, 0.2) is 0 Å². The third kappa shape index (κ3) is 9.31. The van der Waals surface area contributed by atoms with Crippen LogP contribution in [0.2, 0.25) is 0 Å². The second-order valence-electron chi connectivity index (χ2n) is 6.35. The summed E-state index contributed by atoms with van der Waals surface area (Å²) in [5.74, 6) is -0.450. The number of carboxylic acids is 1. The van der Waals surface area contributed by atoms with E-state index in [2.05, 4.69) is 25.5 Å². The molecule has 5 nitrogen and oxygen atoms in total. The molecule has 20 heavy (non-hydrogen) atoms. The Bertz CT molecular complexity index is 384. The van der Waals surface area contributed by atoms with Crippen molar-refractivity contribution in [3.63, 3.8) is 0 Å². The maximum atomic E-state index is 11.7. The van der Waals surface area contributed by atoms with Gasteiger partial charge in [-0.2, -0.15) is 0 Å². The van der Waals surface area contributed by atoms with E-state index < -0.39 is 16.0 Å². The molecule has 0 saturated heterocycles. The van der Waals surface area contributed by atoms with Gasteiger partial charge >= 0.3 is 5.97 Å². The van der Waals surface area contributed by atoms with Crippen molar-refractivity contribution in [3.05, 3.63) is 0 Å². The molecule has 0 spiro atoms. The molecular formula is C14H29NO4S. The van der Waals surface area contributed by atoms with E-state index >= 15 is 0 Å². The average Bonchev–Trinajstić information content (AvgIpc) is 2.29. The maximum absolute atomic E-state index is 11.7.